The van der Waals surface area contributed by atoms with Crippen LogP contribution < -0.4 is 0 Å². The molecule has 0 fully saturated rings. The minimum atomic E-state index is -1.49. The summed E-state index contributed by atoms with van der Waals surface area (Å²) in [5, 5.41) is 0. The van der Waals surface area contributed by atoms with E-state index in [0.29, 0.717) is 0 Å². The van der Waals surface area contributed by atoms with Crippen molar-refractivity contribution in [1.82, 2.24) is 12.9 Å². The smallest absolute Gasteiger partial charge is 0.0148 e. The number of rotatable bonds is 9. The lowest BCUT2D eigenvalue weighted by Crippen LogP contribution is -2.46. The molecule has 5 heteroatoms. The van der Waals surface area contributed by atoms with Gasteiger partial charge < -0.3 is 0 Å². The van der Waals surface area contributed by atoms with E-state index >= 15 is 0 Å². The lowest BCUT2D eigenvalue weighted by Gasteiger charge is -2.55. The van der Waals surface area contributed by atoms with Crippen LogP contribution in [-0.2, 0) is 0 Å². The number of halogens is 1. The molecule has 106 valence electrons. The van der Waals surface area contributed by atoms with E-state index in [9.17, 15) is 0 Å². The average Bonchev–Trinajstić information content (AvgIpc) is 2.33. The maximum Gasteiger partial charge on any atom is 0.0148 e. The first-order valence-electron chi connectivity index (χ1n) is 6.84. The van der Waals surface area contributed by atoms with Gasteiger partial charge in [0.1, 0.15) is 0 Å². The Labute approximate surface area is 114 Å². The lowest BCUT2D eigenvalue weighted by atomic mass is 10.7. The molecule has 0 saturated carbocycles. The summed E-state index contributed by atoms with van der Waals surface area (Å²) < 4.78 is 7.23. The number of hydrogen-bond acceptors (Lipinski definition) is 3. The van der Waals surface area contributed by atoms with E-state index in [-0.39, 0.29) is 0 Å². The molecular formula is C12H30ClN3S. The van der Waals surface area contributed by atoms with Crippen LogP contribution >= 0.6 is 20.5 Å². The third-order valence-electron chi connectivity index (χ3n) is 3.10. The second-order valence-corrected chi connectivity index (χ2v) is 7.49. The Hall–Kier alpha value is 0.520. The van der Waals surface area contributed by atoms with Gasteiger partial charge in [-0.15, -0.1) is 0 Å². The van der Waals surface area contributed by atoms with Gasteiger partial charge in [-0.2, -0.15) is 0 Å². The van der Waals surface area contributed by atoms with Gasteiger partial charge in [0, 0.05) is 49.1 Å². The number of hydrogen-bond donors (Lipinski definition) is 0. The van der Waals surface area contributed by atoms with E-state index in [1.165, 1.54) is 0 Å². The summed E-state index contributed by atoms with van der Waals surface area (Å²) in [5.74, 6) is 0. The maximum absolute atomic E-state index is 7.10. The molecule has 0 atom stereocenters. The van der Waals surface area contributed by atoms with Gasteiger partial charge >= 0.3 is 0 Å². The minimum Gasteiger partial charge on any atom is -0.233 e. The molecule has 0 aliphatic heterocycles. The molecule has 0 aliphatic rings. The van der Waals surface area contributed by atoms with Crippen molar-refractivity contribution in [1.29, 1.82) is 0 Å². The third-order valence-corrected chi connectivity index (χ3v) is 8.38. The highest BCUT2D eigenvalue weighted by atomic mass is 35.7. The molecular weight excluding hydrogens is 254 g/mol. The van der Waals surface area contributed by atoms with Crippen LogP contribution in [0.1, 0.15) is 41.5 Å². The molecule has 0 aromatic rings. The first-order valence-corrected chi connectivity index (χ1v) is 9.17. The Morgan fingerprint density at radius 1 is 0.588 bits per heavy atom. The van der Waals surface area contributed by atoms with Crippen molar-refractivity contribution in [2.75, 3.05) is 39.3 Å². The first kappa shape index (κ1) is 17.5. The summed E-state index contributed by atoms with van der Waals surface area (Å²) in [7, 11) is 5.61. The molecule has 0 radical (unpaired) electrons. The van der Waals surface area contributed by atoms with Gasteiger partial charge in [0.15, 0.2) is 0 Å². The van der Waals surface area contributed by atoms with Crippen molar-refractivity contribution < 1.29 is 0 Å². The molecule has 0 bridgehead atoms. The van der Waals surface area contributed by atoms with Crippen molar-refractivity contribution in [2.45, 2.75) is 41.5 Å². The van der Waals surface area contributed by atoms with E-state index in [4.69, 9.17) is 10.7 Å². The molecule has 0 aromatic carbocycles. The largest absolute Gasteiger partial charge is 0.233 e. The fraction of sp³-hybridized carbons (Fsp3) is 1.00. The molecule has 0 rings (SSSR count). The topological polar surface area (TPSA) is 9.72 Å². The second kappa shape index (κ2) is 8.59. The van der Waals surface area contributed by atoms with Gasteiger partial charge in [0.2, 0.25) is 0 Å². The molecule has 0 heterocycles. The zero-order valence-corrected chi connectivity index (χ0v) is 13.9. The highest BCUT2D eigenvalue weighted by Gasteiger charge is 2.37. The summed E-state index contributed by atoms with van der Waals surface area (Å²) in [6, 6.07) is 0. The van der Waals surface area contributed by atoms with Crippen LogP contribution in [-0.4, -0.2) is 52.2 Å². The van der Waals surface area contributed by atoms with Crippen molar-refractivity contribution in [3.05, 3.63) is 0 Å². The van der Waals surface area contributed by atoms with Gasteiger partial charge in [-0.05, 0) is 10.7 Å². The van der Waals surface area contributed by atoms with Crippen LogP contribution in [0.25, 0.3) is 0 Å². The van der Waals surface area contributed by atoms with Gasteiger partial charge in [0.25, 0.3) is 0 Å². The predicted molar refractivity (Wildman–Crippen MR) is 82.2 cm³/mol. The van der Waals surface area contributed by atoms with E-state index in [2.05, 4.69) is 54.5 Å². The quantitative estimate of drug-likeness (QED) is 0.639. The summed E-state index contributed by atoms with van der Waals surface area (Å²) in [6.45, 7) is 19.2. The fourth-order valence-corrected chi connectivity index (χ4v) is 6.85. The second-order valence-electron chi connectivity index (χ2n) is 3.79. The van der Waals surface area contributed by atoms with Crippen LogP contribution in [0.5, 0.6) is 0 Å². The zero-order valence-electron chi connectivity index (χ0n) is 12.4. The third kappa shape index (κ3) is 3.74. The molecule has 0 aromatic heterocycles. The molecule has 17 heavy (non-hydrogen) atoms. The molecule has 0 amide bonds. The van der Waals surface area contributed by atoms with E-state index < -0.39 is 9.80 Å². The number of nitrogens with zero attached hydrogens (tertiary/aromatic N) is 3. The fourth-order valence-electron chi connectivity index (χ4n) is 2.15. The summed E-state index contributed by atoms with van der Waals surface area (Å²) in [6.07, 6.45) is 0. The van der Waals surface area contributed by atoms with Gasteiger partial charge in [-0.25, -0.2) is 12.9 Å². The highest BCUT2D eigenvalue weighted by Crippen LogP contribution is 2.61. The molecule has 0 aliphatic carbocycles. The SMILES string of the molecule is CCN(CC)S(Cl)(N(CC)CC)N(CC)CC. The Kier molecular flexibility index (Phi) is 8.86. The molecule has 3 nitrogen and oxygen atoms in total. The Morgan fingerprint density at radius 3 is 0.882 bits per heavy atom. The monoisotopic (exact) mass is 283 g/mol. The van der Waals surface area contributed by atoms with Gasteiger partial charge in [-0.1, -0.05) is 41.5 Å². The van der Waals surface area contributed by atoms with Crippen LogP contribution in [0.15, 0.2) is 0 Å². The van der Waals surface area contributed by atoms with Crippen LogP contribution in [0, 0.1) is 0 Å². The molecule has 0 saturated heterocycles. The molecule has 0 spiro atoms. The van der Waals surface area contributed by atoms with Gasteiger partial charge in [-0.3, -0.25) is 0 Å². The maximum atomic E-state index is 7.10. The van der Waals surface area contributed by atoms with Crippen LogP contribution in [0.3, 0.4) is 0 Å². The summed E-state index contributed by atoms with van der Waals surface area (Å²) in [4.78, 5) is 0. The molecule has 0 N–H and O–H groups in total. The molecule has 0 unspecified atom stereocenters. The average molecular weight is 284 g/mol. The van der Waals surface area contributed by atoms with E-state index in [1.807, 2.05) is 0 Å². The Balaban J connectivity index is 5.29. The normalized spacial score (nSPS) is 14.0. The van der Waals surface area contributed by atoms with Crippen LogP contribution in [0.2, 0.25) is 0 Å². The lowest BCUT2D eigenvalue weighted by molar-refractivity contribution is 0.370. The van der Waals surface area contributed by atoms with Crippen molar-refractivity contribution >= 4 is 20.5 Å². The minimum absolute atomic E-state index is 1.00. The summed E-state index contributed by atoms with van der Waals surface area (Å²) >= 11 is 0. The zero-order chi connectivity index (χ0) is 13.5. The first-order chi connectivity index (χ1) is 8.06. The Morgan fingerprint density at radius 2 is 0.765 bits per heavy atom. The highest BCUT2D eigenvalue weighted by molar-refractivity contribution is 8.46. The van der Waals surface area contributed by atoms with Crippen LogP contribution in [0.4, 0.5) is 0 Å². The standard InChI is InChI=1S/C12H30ClN3S/c1-7-14(8-2)17(13,15(9-3)10-4)16(11-5)12-6/h7-12H2,1-6H3. The van der Waals surface area contributed by atoms with Crippen molar-refractivity contribution in [2.24, 2.45) is 0 Å². The Bertz CT molecular complexity index is 161. The van der Waals surface area contributed by atoms with E-state index in [0.717, 1.165) is 39.3 Å². The van der Waals surface area contributed by atoms with Crippen molar-refractivity contribution in [3.8, 4) is 0 Å². The van der Waals surface area contributed by atoms with Crippen molar-refractivity contribution in [3.63, 3.8) is 0 Å². The van der Waals surface area contributed by atoms with Gasteiger partial charge in [0.05, 0.1) is 0 Å². The predicted octanol–water partition coefficient (Wildman–Crippen LogP) is 3.72. The van der Waals surface area contributed by atoms with E-state index in [1.54, 1.807) is 0 Å². The summed E-state index contributed by atoms with van der Waals surface area (Å²) in [5.41, 5.74) is 0.